The van der Waals surface area contributed by atoms with E-state index in [-0.39, 0.29) is 12.0 Å². The third-order valence-corrected chi connectivity index (χ3v) is 4.42. The first-order chi connectivity index (χ1) is 9.02. The van der Waals surface area contributed by atoms with Crippen molar-refractivity contribution in [2.75, 3.05) is 13.7 Å². The van der Waals surface area contributed by atoms with Crippen LogP contribution in [0.3, 0.4) is 0 Å². The van der Waals surface area contributed by atoms with Crippen molar-refractivity contribution in [2.45, 2.75) is 25.9 Å². The first kappa shape index (κ1) is 14.3. The highest BCUT2D eigenvalue weighted by Gasteiger charge is 2.35. The monoisotopic (exact) mass is 327 g/mol. The van der Waals surface area contributed by atoms with Gasteiger partial charge < -0.3 is 9.84 Å². The van der Waals surface area contributed by atoms with Crippen molar-refractivity contribution in [3.63, 3.8) is 0 Å². The van der Waals surface area contributed by atoms with Gasteiger partial charge in [-0.2, -0.15) is 0 Å². The van der Waals surface area contributed by atoms with Crippen molar-refractivity contribution >= 4 is 21.9 Å². The molecule has 1 fully saturated rings. The molecule has 1 aromatic rings. The van der Waals surface area contributed by atoms with E-state index in [1.165, 1.54) is 0 Å². The Morgan fingerprint density at radius 1 is 1.58 bits per heavy atom. The SMILES string of the molecule is COc1ccc(CN2CCC(C(=O)O)C2C)cc1Br. The Morgan fingerprint density at radius 3 is 2.84 bits per heavy atom. The quantitative estimate of drug-likeness (QED) is 0.923. The van der Waals surface area contributed by atoms with E-state index in [2.05, 4.69) is 20.8 Å². The highest BCUT2D eigenvalue weighted by Crippen LogP contribution is 2.29. The molecule has 104 valence electrons. The average Bonchev–Trinajstić information content (AvgIpc) is 2.71. The van der Waals surface area contributed by atoms with Crippen LogP contribution >= 0.6 is 15.9 Å². The summed E-state index contributed by atoms with van der Waals surface area (Å²) < 4.78 is 6.13. The molecule has 0 amide bonds. The molecule has 19 heavy (non-hydrogen) atoms. The second kappa shape index (κ2) is 5.92. The number of nitrogens with zero attached hydrogens (tertiary/aromatic N) is 1. The van der Waals surface area contributed by atoms with E-state index in [4.69, 9.17) is 9.84 Å². The summed E-state index contributed by atoms with van der Waals surface area (Å²) >= 11 is 3.47. The number of hydrogen-bond acceptors (Lipinski definition) is 3. The summed E-state index contributed by atoms with van der Waals surface area (Å²) in [4.78, 5) is 13.3. The Bertz CT molecular complexity index is 478. The molecular formula is C14H18BrNO3. The highest BCUT2D eigenvalue weighted by molar-refractivity contribution is 9.10. The summed E-state index contributed by atoms with van der Waals surface area (Å²) in [6.07, 6.45) is 0.730. The number of carbonyl (C=O) groups is 1. The van der Waals surface area contributed by atoms with E-state index in [0.29, 0.717) is 0 Å². The van der Waals surface area contributed by atoms with Crippen LogP contribution < -0.4 is 4.74 Å². The number of benzene rings is 1. The van der Waals surface area contributed by atoms with Crippen LogP contribution in [0.1, 0.15) is 18.9 Å². The maximum Gasteiger partial charge on any atom is 0.308 e. The maximum atomic E-state index is 11.1. The van der Waals surface area contributed by atoms with Crippen molar-refractivity contribution in [1.29, 1.82) is 0 Å². The van der Waals surface area contributed by atoms with Crippen LogP contribution in [0.2, 0.25) is 0 Å². The van der Waals surface area contributed by atoms with Crippen LogP contribution in [0.25, 0.3) is 0 Å². The summed E-state index contributed by atoms with van der Waals surface area (Å²) in [5.74, 6) is -0.130. The molecule has 0 bridgehead atoms. The number of aliphatic carboxylic acids is 1. The number of methoxy groups -OCH3 is 1. The van der Waals surface area contributed by atoms with E-state index in [9.17, 15) is 4.79 Å². The number of ether oxygens (including phenoxy) is 1. The first-order valence-corrected chi connectivity index (χ1v) is 7.11. The number of likely N-dealkylation sites (tertiary alicyclic amines) is 1. The number of rotatable bonds is 4. The summed E-state index contributed by atoms with van der Waals surface area (Å²) in [5.41, 5.74) is 1.16. The number of carboxylic acid groups (broad SMARTS) is 1. The normalized spacial score (nSPS) is 23.5. The Morgan fingerprint density at radius 2 is 2.32 bits per heavy atom. The van der Waals surface area contributed by atoms with E-state index >= 15 is 0 Å². The molecule has 5 heteroatoms. The topological polar surface area (TPSA) is 49.8 Å². The van der Waals surface area contributed by atoms with Crippen molar-refractivity contribution < 1.29 is 14.6 Å². The van der Waals surface area contributed by atoms with Crippen LogP contribution in [0.4, 0.5) is 0 Å². The zero-order chi connectivity index (χ0) is 14.0. The van der Waals surface area contributed by atoms with E-state index in [1.54, 1.807) is 7.11 Å². The zero-order valence-electron chi connectivity index (χ0n) is 11.1. The summed E-state index contributed by atoms with van der Waals surface area (Å²) in [7, 11) is 1.64. The fourth-order valence-electron chi connectivity index (χ4n) is 2.60. The highest BCUT2D eigenvalue weighted by atomic mass is 79.9. The van der Waals surface area contributed by atoms with Gasteiger partial charge in [-0.15, -0.1) is 0 Å². The minimum Gasteiger partial charge on any atom is -0.496 e. The molecule has 1 aliphatic rings. The van der Waals surface area contributed by atoms with Crippen LogP contribution in [-0.4, -0.2) is 35.7 Å². The van der Waals surface area contributed by atoms with E-state index in [1.807, 2.05) is 25.1 Å². The molecule has 0 radical (unpaired) electrons. The number of hydrogen-bond donors (Lipinski definition) is 1. The average molecular weight is 328 g/mol. The van der Waals surface area contributed by atoms with Gasteiger partial charge in [-0.25, -0.2) is 0 Å². The van der Waals surface area contributed by atoms with Gasteiger partial charge in [-0.1, -0.05) is 6.07 Å². The second-order valence-electron chi connectivity index (χ2n) is 4.91. The molecule has 2 unspecified atom stereocenters. The molecule has 0 aromatic heterocycles. The van der Waals surface area contributed by atoms with Gasteiger partial charge in [0, 0.05) is 12.6 Å². The number of halogens is 1. The standard InChI is InChI=1S/C14H18BrNO3/c1-9-11(14(17)18)5-6-16(9)8-10-3-4-13(19-2)12(15)7-10/h3-4,7,9,11H,5-6,8H2,1-2H3,(H,17,18). The van der Waals surface area contributed by atoms with Gasteiger partial charge in [0.25, 0.3) is 0 Å². The minimum absolute atomic E-state index is 0.0818. The largest absolute Gasteiger partial charge is 0.496 e. The molecule has 1 heterocycles. The van der Waals surface area contributed by atoms with Crippen molar-refractivity contribution in [3.8, 4) is 5.75 Å². The molecular weight excluding hydrogens is 310 g/mol. The third-order valence-electron chi connectivity index (χ3n) is 3.80. The van der Waals surface area contributed by atoms with Crippen LogP contribution in [-0.2, 0) is 11.3 Å². The van der Waals surface area contributed by atoms with Crippen molar-refractivity contribution in [2.24, 2.45) is 5.92 Å². The minimum atomic E-state index is -0.689. The Hall–Kier alpha value is -1.07. The Kier molecular flexibility index (Phi) is 4.47. The summed E-state index contributed by atoms with van der Waals surface area (Å²) in [6, 6.07) is 6.05. The molecule has 0 spiro atoms. The molecule has 1 aliphatic heterocycles. The zero-order valence-corrected chi connectivity index (χ0v) is 12.7. The molecule has 1 aromatic carbocycles. The van der Waals surface area contributed by atoms with Crippen LogP contribution in [0.5, 0.6) is 5.75 Å². The predicted molar refractivity (Wildman–Crippen MR) is 76.3 cm³/mol. The lowest BCUT2D eigenvalue weighted by Crippen LogP contribution is -2.32. The lowest BCUT2D eigenvalue weighted by Gasteiger charge is -2.23. The molecule has 1 N–H and O–H groups in total. The van der Waals surface area contributed by atoms with Gasteiger partial charge in [0.1, 0.15) is 5.75 Å². The lowest BCUT2D eigenvalue weighted by molar-refractivity contribution is -0.142. The third kappa shape index (κ3) is 3.09. The van der Waals surface area contributed by atoms with Gasteiger partial charge in [0.05, 0.1) is 17.5 Å². The van der Waals surface area contributed by atoms with Crippen LogP contribution in [0, 0.1) is 5.92 Å². The lowest BCUT2D eigenvalue weighted by atomic mass is 10.0. The predicted octanol–water partition coefficient (Wildman–Crippen LogP) is 2.75. The molecule has 0 saturated carbocycles. The molecule has 2 rings (SSSR count). The molecule has 4 nitrogen and oxygen atoms in total. The molecule has 2 atom stereocenters. The Balaban J connectivity index is 2.06. The number of carboxylic acids is 1. The van der Waals surface area contributed by atoms with Gasteiger partial charge in [0.2, 0.25) is 0 Å². The summed E-state index contributed by atoms with van der Waals surface area (Å²) in [5, 5.41) is 9.13. The van der Waals surface area contributed by atoms with Gasteiger partial charge >= 0.3 is 5.97 Å². The molecule has 1 saturated heterocycles. The van der Waals surface area contributed by atoms with Crippen molar-refractivity contribution in [1.82, 2.24) is 4.90 Å². The smallest absolute Gasteiger partial charge is 0.308 e. The maximum absolute atomic E-state index is 11.1. The van der Waals surface area contributed by atoms with Gasteiger partial charge in [0.15, 0.2) is 0 Å². The molecule has 0 aliphatic carbocycles. The van der Waals surface area contributed by atoms with E-state index in [0.717, 1.165) is 35.3 Å². The Labute approximate surface area is 121 Å². The fraction of sp³-hybridized carbons (Fsp3) is 0.500. The van der Waals surface area contributed by atoms with E-state index < -0.39 is 5.97 Å². The summed E-state index contributed by atoms with van der Waals surface area (Å²) in [6.45, 7) is 3.60. The van der Waals surface area contributed by atoms with Crippen molar-refractivity contribution in [3.05, 3.63) is 28.2 Å². The van der Waals surface area contributed by atoms with Gasteiger partial charge in [-0.05, 0) is 53.5 Å². The first-order valence-electron chi connectivity index (χ1n) is 6.32. The van der Waals surface area contributed by atoms with Gasteiger partial charge in [-0.3, -0.25) is 9.69 Å². The van der Waals surface area contributed by atoms with Crippen LogP contribution in [0.15, 0.2) is 22.7 Å². The second-order valence-corrected chi connectivity index (χ2v) is 5.77. The fourth-order valence-corrected chi connectivity index (χ4v) is 3.19.